The Hall–Kier alpha value is -1.48. The topological polar surface area (TPSA) is 37.8 Å². The molecular formula is C13H15N3. The number of nitrogens with zero attached hydrogens (tertiary/aromatic N) is 2. The summed E-state index contributed by atoms with van der Waals surface area (Å²) in [6, 6.07) is 6.15. The second kappa shape index (κ2) is 4.18. The van der Waals surface area contributed by atoms with Crippen molar-refractivity contribution in [2.45, 2.75) is 18.8 Å². The molecule has 1 fully saturated rings. The van der Waals surface area contributed by atoms with Gasteiger partial charge >= 0.3 is 0 Å². The van der Waals surface area contributed by atoms with E-state index in [0.717, 1.165) is 24.0 Å². The van der Waals surface area contributed by atoms with Crippen molar-refractivity contribution in [2.75, 3.05) is 13.1 Å². The largest absolute Gasteiger partial charge is 0.317 e. The number of hydrogen-bond acceptors (Lipinski definition) is 3. The zero-order chi connectivity index (χ0) is 10.8. The highest BCUT2D eigenvalue weighted by molar-refractivity contribution is 5.77. The SMILES string of the molecule is c1cnc2cc(C3CCNCC3)ncc2c1. The van der Waals surface area contributed by atoms with Gasteiger partial charge in [0.05, 0.1) is 5.52 Å². The molecule has 16 heavy (non-hydrogen) atoms. The van der Waals surface area contributed by atoms with E-state index >= 15 is 0 Å². The molecule has 0 amide bonds. The maximum Gasteiger partial charge on any atom is 0.0735 e. The molecule has 0 unspecified atom stereocenters. The molecule has 0 saturated carbocycles. The molecule has 0 aliphatic carbocycles. The van der Waals surface area contributed by atoms with Gasteiger partial charge in [0.1, 0.15) is 0 Å². The number of pyridine rings is 2. The van der Waals surface area contributed by atoms with E-state index in [1.165, 1.54) is 18.5 Å². The second-order valence-electron chi connectivity index (χ2n) is 4.33. The summed E-state index contributed by atoms with van der Waals surface area (Å²) in [6.07, 6.45) is 6.16. The monoisotopic (exact) mass is 213 g/mol. The fraction of sp³-hybridized carbons (Fsp3) is 0.385. The molecule has 0 bridgehead atoms. The third-order valence-electron chi connectivity index (χ3n) is 3.27. The maximum absolute atomic E-state index is 4.56. The Kier molecular flexibility index (Phi) is 2.54. The van der Waals surface area contributed by atoms with Crippen molar-refractivity contribution in [3.8, 4) is 0 Å². The van der Waals surface area contributed by atoms with E-state index in [0.29, 0.717) is 5.92 Å². The van der Waals surface area contributed by atoms with E-state index in [-0.39, 0.29) is 0 Å². The van der Waals surface area contributed by atoms with E-state index in [9.17, 15) is 0 Å². The van der Waals surface area contributed by atoms with Crippen LogP contribution in [0.2, 0.25) is 0 Å². The first-order valence-corrected chi connectivity index (χ1v) is 5.85. The molecule has 0 aromatic carbocycles. The van der Waals surface area contributed by atoms with Gasteiger partial charge in [-0.2, -0.15) is 0 Å². The number of nitrogens with one attached hydrogen (secondary N) is 1. The first-order chi connectivity index (χ1) is 7.93. The van der Waals surface area contributed by atoms with Crippen molar-refractivity contribution in [3.63, 3.8) is 0 Å². The van der Waals surface area contributed by atoms with Crippen LogP contribution in [0.15, 0.2) is 30.6 Å². The molecule has 82 valence electrons. The van der Waals surface area contributed by atoms with Crippen molar-refractivity contribution >= 4 is 10.9 Å². The smallest absolute Gasteiger partial charge is 0.0735 e. The molecule has 0 atom stereocenters. The molecule has 1 N–H and O–H groups in total. The van der Waals surface area contributed by atoms with Gasteiger partial charge in [-0.15, -0.1) is 0 Å². The molecule has 3 heterocycles. The fourth-order valence-corrected chi connectivity index (χ4v) is 2.32. The highest BCUT2D eigenvalue weighted by Gasteiger charge is 2.16. The molecule has 3 rings (SSSR count). The molecule has 3 heteroatoms. The van der Waals surface area contributed by atoms with Crippen molar-refractivity contribution in [1.29, 1.82) is 0 Å². The molecule has 1 aliphatic heterocycles. The molecule has 0 radical (unpaired) electrons. The molecule has 1 saturated heterocycles. The summed E-state index contributed by atoms with van der Waals surface area (Å²) in [5.74, 6) is 0.604. The minimum absolute atomic E-state index is 0.604. The number of fused-ring (bicyclic) bond motifs is 1. The van der Waals surface area contributed by atoms with E-state index in [4.69, 9.17) is 0 Å². The van der Waals surface area contributed by atoms with Crippen LogP contribution in [0.3, 0.4) is 0 Å². The van der Waals surface area contributed by atoms with Gasteiger partial charge in [-0.1, -0.05) is 0 Å². The Morgan fingerprint density at radius 2 is 2.06 bits per heavy atom. The van der Waals surface area contributed by atoms with Crippen molar-refractivity contribution in [3.05, 3.63) is 36.3 Å². The highest BCUT2D eigenvalue weighted by atomic mass is 14.9. The van der Waals surface area contributed by atoms with Crippen LogP contribution in [-0.2, 0) is 0 Å². The Balaban J connectivity index is 1.97. The summed E-state index contributed by atoms with van der Waals surface area (Å²) in [5.41, 5.74) is 2.26. The average Bonchev–Trinajstić information content (AvgIpc) is 2.39. The van der Waals surface area contributed by atoms with E-state index in [1.807, 2.05) is 18.5 Å². The summed E-state index contributed by atoms with van der Waals surface area (Å²) in [5, 5.41) is 4.50. The van der Waals surface area contributed by atoms with Crippen molar-refractivity contribution in [1.82, 2.24) is 15.3 Å². The summed E-state index contributed by atoms with van der Waals surface area (Å²) < 4.78 is 0. The van der Waals surface area contributed by atoms with Crippen molar-refractivity contribution < 1.29 is 0 Å². The minimum Gasteiger partial charge on any atom is -0.317 e. The summed E-state index contributed by atoms with van der Waals surface area (Å²) in [7, 11) is 0. The molecule has 0 spiro atoms. The Labute approximate surface area is 94.9 Å². The predicted octanol–water partition coefficient (Wildman–Crippen LogP) is 2.10. The first-order valence-electron chi connectivity index (χ1n) is 5.85. The average molecular weight is 213 g/mol. The molecule has 3 nitrogen and oxygen atoms in total. The van der Waals surface area contributed by atoms with Crippen LogP contribution in [0.5, 0.6) is 0 Å². The zero-order valence-electron chi connectivity index (χ0n) is 9.19. The van der Waals surface area contributed by atoms with Gasteiger partial charge in [-0.3, -0.25) is 9.97 Å². The Bertz CT molecular complexity index is 489. The minimum atomic E-state index is 0.604. The van der Waals surface area contributed by atoms with Gasteiger partial charge in [0.25, 0.3) is 0 Å². The van der Waals surface area contributed by atoms with Gasteiger partial charge in [0, 0.05) is 29.4 Å². The van der Waals surface area contributed by atoms with E-state index in [1.54, 1.807) is 0 Å². The second-order valence-corrected chi connectivity index (χ2v) is 4.33. The van der Waals surface area contributed by atoms with Crippen molar-refractivity contribution in [2.24, 2.45) is 0 Å². The predicted molar refractivity (Wildman–Crippen MR) is 64.4 cm³/mol. The number of hydrogen-bond donors (Lipinski definition) is 1. The van der Waals surface area contributed by atoms with Crippen LogP contribution < -0.4 is 5.32 Å². The molecular weight excluding hydrogens is 198 g/mol. The van der Waals surface area contributed by atoms with Crippen LogP contribution in [0.4, 0.5) is 0 Å². The Morgan fingerprint density at radius 3 is 2.94 bits per heavy atom. The summed E-state index contributed by atoms with van der Waals surface area (Å²) in [6.45, 7) is 2.21. The third-order valence-corrected chi connectivity index (χ3v) is 3.27. The molecule has 2 aromatic heterocycles. The van der Waals surface area contributed by atoms with Crippen LogP contribution in [0.25, 0.3) is 10.9 Å². The number of aromatic nitrogens is 2. The van der Waals surface area contributed by atoms with E-state index < -0.39 is 0 Å². The van der Waals surface area contributed by atoms with E-state index in [2.05, 4.69) is 27.4 Å². The van der Waals surface area contributed by atoms with Crippen LogP contribution in [-0.4, -0.2) is 23.1 Å². The lowest BCUT2D eigenvalue weighted by atomic mass is 9.94. The number of rotatable bonds is 1. The summed E-state index contributed by atoms with van der Waals surface area (Å²) in [4.78, 5) is 8.94. The van der Waals surface area contributed by atoms with Gasteiger partial charge in [0.2, 0.25) is 0 Å². The van der Waals surface area contributed by atoms with Gasteiger partial charge < -0.3 is 5.32 Å². The molecule has 1 aliphatic rings. The fourth-order valence-electron chi connectivity index (χ4n) is 2.32. The van der Waals surface area contributed by atoms with Gasteiger partial charge in [-0.25, -0.2) is 0 Å². The summed E-state index contributed by atoms with van der Waals surface area (Å²) >= 11 is 0. The lowest BCUT2D eigenvalue weighted by molar-refractivity contribution is 0.453. The van der Waals surface area contributed by atoms with Crippen LogP contribution >= 0.6 is 0 Å². The lowest BCUT2D eigenvalue weighted by Crippen LogP contribution is -2.27. The maximum atomic E-state index is 4.56. The van der Waals surface area contributed by atoms with Gasteiger partial charge in [-0.05, 0) is 44.1 Å². The Morgan fingerprint density at radius 1 is 1.19 bits per heavy atom. The van der Waals surface area contributed by atoms with Crippen LogP contribution in [0, 0.1) is 0 Å². The quantitative estimate of drug-likeness (QED) is 0.788. The first kappa shape index (κ1) is 9.73. The third kappa shape index (κ3) is 1.78. The molecule has 2 aromatic rings. The van der Waals surface area contributed by atoms with Crippen LogP contribution in [0.1, 0.15) is 24.5 Å². The standard InChI is InChI=1S/C13H15N3/c1-2-11-9-16-12(8-13(11)15-5-1)10-3-6-14-7-4-10/h1-2,5,8-10,14H,3-4,6-7H2. The number of piperidine rings is 1. The van der Waals surface area contributed by atoms with Gasteiger partial charge in [0.15, 0.2) is 0 Å². The highest BCUT2D eigenvalue weighted by Crippen LogP contribution is 2.25. The lowest BCUT2D eigenvalue weighted by Gasteiger charge is -2.22. The normalized spacial score (nSPS) is 17.8. The zero-order valence-corrected chi connectivity index (χ0v) is 9.19.